The van der Waals surface area contributed by atoms with Crippen molar-refractivity contribution in [3.63, 3.8) is 0 Å². The average Bonchev–Trinajstić information content (AvgIpc) is 2.62. The molecule has 3 rings (SSSR count). The Morgan fingerprint density at radius 2 is 2.07 bits per heavy atom. The first-order valence-electron chi connectivity index (χ1n) is 8.53. The number of benzene rings is 2. The molecule has 0 saturated carbocycles. The molecule has 0 radical (unpaired) electrons. The number of rotatable bonds is 4. The normalized spacial score (nSPS) is 12.0. The second kappa shape index (κ2) is 7.55. The fraction of sp³-hybridized carbons (Fsp3) is 0.211. The molecular weight excluding hydrogens is 349 g/mol. The van der Waals surface area contributed by atoms with Crippen LogP contribution in [0.4, 0.5) is 14.9 Å². The van der Waals surface area contributed by atoms with Crippen LogP contribution in [0.5, 0.6) is 0 Å². The van der Waals surface area contributed by atoms with Gasteiger partial charge in [0.2, 0.25) is 0 Å². The van der Waals surface area contributed by atoms with Gasteiger partial charge in [-0.3, -0.25) is 9.36 Å². The number of hydrogen-bond acceptors (Lipinski definition) is 4. The van der Waals surface area contributed by atoms with E-state index < -0.39 is 17.4 Å². The van der Waals surface area contributed by atoms with Crippen LogP contribution < -0.4 is 21.9 Å². The third-order valence-electron chi connectivity index (χ3n) is 3.96. The minimum absolute atomic E-state index is 0.154. The molecule has 2 aromatic carbocycles. The number of anilines is 1. The van der Waals surface area contributed by atoms with Crippen molar-refractivity contribution in [3.05, 3.63) is 64.5 Å². The Hall–Kier alpha value is -3.26. The van der Waals surface area contributed by atoms with E-state index in [1.807, 2.05) is 6.92 Å². The summed E-state index contributed by atoms with van der Waals surface area (Å²) in [5.41, 5.74) is 6.94. The molecule has 27 heavy (non-hydrogen) atoms. The van der Waals surface area contributed by atoms with Gasteiger partial charge in [0.25, 0.3) is 5.56 Å². The number of nitrogens with two attached hydrogens (primary N) is 1. The molecule has 7 nitrogen and oxygen atoms in total. The van der Waals surface area contributed by atoms with Crippen LogP contribution in [0.1, 0.15) is 25.7 Å². The van der Waals surface area contributed by atoms with Crippen molar-refractivity contribution < 1.29 is 9.18 Å². The number of carbonyl (C=O) groups is 1. The summed E-state index contributed by atoms with van der Waals surface area (Å²) in [7, 11) is 0. The zero-order valence-corrected chi connectivity index (χ0v) is 15.0. The highest BCUT2D eigenvalue weighted by molar-refractivity contribution is 5.89. The van der Waals surface area contributed by atoms with E-state index in [-0.39, 0.29) is 11.4 Å². The lowest BCUT2D eigenvalue weighted by Crippen LogP contribution is -2.29. The van der Waals surface area contributed by atoms with Crippen molar-refractivity contribution in [2.75, 3.05) is 11.9 Å². The van der Waals surface area contributed by atoms with Crippen LogP contribution in [0.2, 0.25) is 0 Å². The summed E-state index contributed by atoms with van der Waals surface area (Å²) in [5.74, 6) is -0.178. The van der Waals surface area contributed by atoms with Crippen molar-refractivity contribution in [3.8, 4) is 5.69 Å². The van der Waals surface area contributed by atoms with Crippen LogP contribution in [0.15, 0.2) is 47.3 Å². The lowest BCUT2D eigenvalue weighted by Gasteiger charge is -2.17. The van der Waals surface area contributed by atoms with Gasteiger partial charge in [-0.15, -0.1) is 0 Å². The highest BCUT2D eigenvalue weighted by Gasteiger charge is 2.16. The number of halogens is 1. The molecule has 0 bridgehead atoms. The van der Waals surface area contributed by atoms with E-state index in [1.165, 1.54) is 16.7 Å². The summed E-state index contributed by atoms with van der Waals surface area (Å²) in [4.78, 5) is 29.2. The quantitative estimate of drug-likeness (QED) is 0.658. The van der Waals surface area contributed by atoms with Crippen molar-refractivity contribution in [1.29, 1.82) is 0 Å². The first-order chi connectivity index (χ1) is 12.9. The van der Waals surface area contributed by atoms with Crippen molar-refractivity contribution >= 4 is 22.6 Å². The Morgan fingerprint density at radius 1 is 1.30 bits per heavy atom. The fourth-order valence-electron chi connectivity index (χ4n) is 2.79. The second-order valence-corrected chi connectivity index (χ2v) is 6.10. The third-order valence-corrected chi connectivity index (χ3v) is 3.96. The SMILES string of the molecule is CCNC(=O)Nc1cccc(-n2c([C@H](C)N)nc3ccc(F)cc3c2=O)c1. The van der Waals surface area contributed by atoms with E-state index in [0.29, 0.717) is 29.3 Å². The highest BCUT2D eigenvalue weighted by Crippen LogP contribution is 2.20. The van der Waals surface area contributed by atoms with Gasteiger partial charge in [-0.05, 0) is 50.2 Å². The number of urea groups is 1. The first kappa shape index (κ1) is 18.5. The smallest absolute Gasteiger partial charge is 0.319 e. The van der Waals surface area contributed by atoms with Crippen molar-refractivity contribution in [2.24, 2.45) is 5.73 Å². The second-order valence-electron chi connectivity index (χ2n) is 6.10. The Labute approximate surface area is 155 Å². The van der Waals surface area contributed by atoms with Gasteiger partial charge in [-0.2, -0.15) is 0 Å². The van der Waals surface area contributed by atoms with Crippen LogP contribution >= 0.6 is 0 Å². The molecule has 0 aliphatic carbocycles. The molecule has 3 aromatic rings. The van der Waals surface area contributed by atoms with E-state index in [0.717, 1.165) is 6.07 Å². The third kappa shape index (κ3) is 3.80. The number of nitrogens with one attached hydrogen (secondary N) is 2. The largest absolute Gasteiger partial charge is 0.338 e. The molecule has 140 valence electrons. The van der Waals surface area contributed by atoms with Gasteiger partial charge in [-0.1, -0.05) is 6.07 Å². The molecule has 1 aromatic heterocycles. The summed E-state index contributed by atoms with van der Waals surface area (Å²) in [6.45, 7) is 4.01. The van der Waals surface area contributed by atoms with Gasteiger partial charge in [-0.25, -0.2) is 14.2 Å². The average molecular weight is 369 g/mol. The van der Waals surface area contributed by atoms with Crippen LogP contribution in [-0.2, 0) is 0 Å². The van der Waals surface area contributed by atoms with Gasteiger partial charge in [0.1, 0.15) is 11.6 Å². The van der Waals surface area contributed by atoms with Gasteiger partial charge in [0.05, 0.1) is 22.6 Å². The summed E-state index contributed by atoms with van der Waals surface area (Å²) < 4.78 is 15.0. The van der Waals surface area contributed by atoms with E-state index in [9.17, 15) is 14.0 Å². The number of nitrogens with zero attached hydrogens (tertiary/aromatic N) is 2. The predicted octanol–water partition coefficient (Wildman–Crippen LogP) is 2.69. The summed E-state index contributed by atoms with van der Waals surface area (Å²) >= 11 is 0. The molecule has 1 atom stereocenters. The lowest BCUT2D eigenvalue weighted by atomic mass is 10.2. The standard InChI is InChI=1S/C19H20FN5O2/c1-3-22-19(27)23-13-5-4-6-14(10-13)25-17(11(2)21)24-16-8-7-12(20)9-15(16)18(25)26/h4-11H,3,21H2,1-2H3,(H2,22,23,27)/t11-/m0/s1. The Morgan fingerprint density at radius 3 is 2.78 bits per heavy atom. The van der Waals surface area contributed by atoms with E-state index in [2.05, 4.69) is 15.6 Å². The number of amides is 2. The van der Waals surface area contributed by atoms with E-state index in [1.54, 1.807) is 31.2 Å². The van der Waals surface area contributed by atoms with Crippen LogP contribution in [0, 0.1) is 5.82 Å². The van der Waals surface area contributed by atoms with Crippen LogP contribution in [0.25, 0.3) is 16.6 Å². The molecule has 0 unspecified atom stereocenters. The molecule has 2 amide bonds. The minimum atomic E-state index is -0.535. The number of fused-ring (bicyclic) bond motifs is 1. The molecular formula is C19H20FN5O2. The van der Waals surface area contributed by atoms with Crippen LogP contribution in [-0.4, -0.2) is 22.1 Å². The van der Waals surface area contributed by atoms with Crippen molar-refractivity contribution in [1.82, 2.24) is 14.9 Å². The van der Waals surface area contributed by atoms with Gasteiger partial charge >= 0.3 is 6.03 Å². The fourth-order valence-corrected chi connectivity index (χ4v) is 2.79. The molecule has 8 heteroatoms. The molecule has 0 aliphatic heterocycles. The molecule has 1 heterocycles. The van der Waals surface area contributed by atoms with Gasteiger partial charge < -0.3 is 16.4 Å². The number of carbonyl (C=O) groups excluding carboxylic acids is 1. The molecule has 0 aliphatic rings. The topological polar surface area (TPSA) is 102 Å². The predicted molar refractivity (Wildman–Crippen MR) is 103 cm³/mol. The van der Waals surface area contributed by atoms with Gasteiger partial charge in [0.15, 0.2) is 0 Å². The molecule has 0 spiro atoms. The van der Waals surface area contributed by atoms with E-state index >= 15 is 0 Å². The first-order valence-corrected chi connectivity index (χ1v) is 8.53. The maximum Gasteiger partial charge on any atom is 0.319 e. The number of aromatic nitrogens is 2. The lowest BCUT2D eigenvalue weighted by molar-refractivity contribution is 0.252. The number of hydrogen-bond donors (Lipinski definition) is 3. The molecule has 4 N–H and O–H groups in total. The summed E-state index contributed by atoms with van der Waals surface area (Å²) in [6.07, 6.45) is 0. The van der Waals surface area contributed by atoms with E-state index in [4.69, 9.17) is 5.73 Å². The summed E-state index contributed by atoms with van der Waals surface area (Å²) in [5, 5.41) is 5.48. The zero-order valence-electron chi connectivity index (χ0n) is 15.0. The minimum Gasteiger partial charge on any atom is -0.338 e. The Bertz CT molecular complexity index is 1060. The maximum absolute atomic E-state index is 13.6. The van der Waals surface area contributed by atoms with Crippen molar-refractivity contribution in [2.45, 2.75) is 19.9 Å². The molecule has 0 saturated heterocycles. The monoisotopic (exact) mass is 369 g/mol. The van der Waals surface area contributed by atoms with Gasteiger partial charge in [0, 0.05) is 12.2 Å². The zero-order chi connectivity index (χ0) is 19.6. The Kier molecular flexibility index (Phi) is 5.18. The highest BCUT2D eigenvalue weighted by atomic mass is 19.1. The van der Waals surface area contributed by atoms with Crippen LogP contribution in [0.3, 0.4) is 0 Å². The summed E-state index contributed by atoms with van der Waals surface area (Å²) in [6, 6.07) is 9.70. The Balaban J connectivity index is 2.18. The molecule has 0 fully saturated rings. The maximum atomic E-state index is 13.6.